The lowest BCUT2D eigenvalue weighted by molar-refractivity contribution is -0.129. The third-order valence-electron chi connectivity index (χ3n) is 4.83. The maximum atomic E-state index is 12.5. The molecule has 0 saturated heterocycles. The summed E-state index contributed by atoms with van der Waals surface area (Å²) >= 11 is 7.61. The van der Waals surface area contributed by atoms with Crippen molar-refractivity contribution < 1.29 is 14.3 Å². The SMILES string of the molecule is Cc1nn(Cc2ccccc2Cl)c2sc(C(=O)OC3CCCCC3=O)cc12. The van der Waals surface area contributed by atoms with E-state index in [-0.39, 0.29) is 5.78 Å². The summed E-state index contributed by atoms with van der Waals surface area (Å²) in [7, 11) is 0. The third-order valence-corrected chi connectivity index (χ3v) is 6.33. The van der Waals surface area contributed by atoms with Gasteiger partial charge in [-0.1, -0.05) is 29.8 Å². The van der Waals surface area contributed by atoms with Gasteiger partial charge >= 0.3 is 5.97 Å². The second-order valence-corrected chi connectivity index (χ2v) is 8.21. The number of aromatic nitrogens is 2. The van der Waals surface area contributed by atoms with Gasteiger partial charge in [0.25, 0.3) is 0 Å². The number of carbonyl (C=O) groups is 2. The highest BCUT2D eigenvalue weighted by Gasteiger charge is 2.27. The van der Waals surface area contributed by atoms with Crippen LogP contribution >= 0.6 is 22.9 Å². The Hall–Kier alpha value is -2.18. The molecule has 1 atom stereocenters. The van der Waals surface area contributed by atoms with Gasteiger partial charge in [0, 0.05) is 16.8 Å². The number of Topliss-reactive ketones (excluding diaryl/α,β-unsaturated/α-hetero) is 1. The minimum Gasteiger partial charge on any atom is -0.450 e. The average molecular weight is 403 g/mol. The first-order valence-electron chi connectivity index (χ1n) is 8.97. The number of rotatable bonds is 4. The van der Waals surface area contributed by atoms with Crippen molar-refractivity contribution in [2.45, 2.75) is 45.3 Å². The second kappa shape index (κ2) is 7.44. The Kier molecular flexibility index (Phi) is 5.02. The maximum absolute atomic E-state index is 12.5. The number of esters is 1. The highest BCUT2D eigenvalue weighted by atomic mass is 35.5. The molecule has 140 valence electrons. The molecule has 0 aliphatic heterocycles. The summed E-state index contributed by atoms with van der Waals surface area (Å²) in [5.41, 5.74) is 1.81. The Bertz CT molecular complexity index is 1020. The standard InChI is InChI=1S/C20H19ClN2O3S/c1-12-14-10-18(20(25)26-17-9-5-4-8-16(17)24)27-19(14)23(22-12)11-13-6-2-3-7-15(13)21/h2-3,6-7,10,17H,4-5,8-9,11H2,1H3. The first-order valence-corrected chi connectivity index (χ1v) is 10.2. The Morgan fingerprint density at radius 3 is 2.96 bits per heavy atom. The van der Waals surface area contributed by atoms with E-state index in [1.165, 1.54) is 11.3 Å². The van der Waals surface area contributed by atoms with E-state index in [1.54, 1.807) is 6.07 Å². The number of benzene rings is 1. The van der Waals surface area contributed by atoms with E-state index >= 15 is 0 Å². The number of fused-ring (bicyclic) bond motifs is 1. The summed E-state index contributed by atoms with van der Waals surface area (Å²) in [6, 6.07) is 9.45. The van der Waals surface area contributed by atoms with Crippen LogP contribution in [0.25, 0.3) is 10.2 Å². The molecule has 1 aliphatic rings. The highest BCUT2D eigenvalue weighted by Crippen LogP contribution is 2.31. The van der Waals surface area contributed by atoms with Crippen molar-refractivity contribution in [1.29, 1.82) is 0 Å². The first kappa shape index (κ1) is 18.2. The van der Waals surface area contributed by atoms with Crippen molar-refractivity contribution in [2.75, 3.05) is 0 Å². The number of hydrogen-bond donors (Lipinski definition) is 0. The van der Waals surface area contributed by atoms with E-state index in [0.29, 0.717) is 29.3 Å². The molecule has 4 rings (SSSR count). The number of ketones is 1. The molecule has 0 radical (unpaired) electrons. The first-order chi connectivity index (χ1) is 13.0. The molecular formula is C20H19ClN2O3S. The summed E-state index contributed by atoms with van der Waals surface area (Å²) in [5, 5.41) is 6.19. The lowest BCUT2D eigenvalue weighted by Crippen LogP contribution is -2.29. The highest BCUT2D eigenvalue weighted by molar-refractivity contribution is 7.20. The monoisotopic (exact) mass is 402 g/mol. The molecule has 0 amide bonds. The van der Waals surface area contributed by atoms with Crippen molar-refractivity contribution in [3.63, 3.8) is 0 Å². The molecule has 0 N–H and O–H groups in total. The van der Waals surface area contributed by atoms with E-state index in [2.05, 4.69) is 5.10 Å². The maximum Gasteiger partial charge on any atom is 0.349 e. The van der Waals surface area contributed by atoms with Gasteiger partial charge in [-0.15, -0.1) is 11.3 Å². The second-order valence-electron chi connectivity index (χ2n) is 6.77. The van der Waals surface area contributed by atoms with Gasteiger partial charge in [-0.25, -0.2) is 4.79 Å². The van der Waals surface area contributed by atoms with Crippen molar-refractivity contribution in [3.05, 3.63) is 51.5 Å². The van der Waals surface area contributed by atoms with E-state index in [9.17, 15) is 9.59 Å². The molecular weight excluding hydrogens is 384 g/mol. The average Bonchev–Trinajstić information content (AvgIpc) is 3.21. The summed E-state index contributed by atoms with van der Waals surface area (Å²) in [6.45, 7) is 2.44. The number of ether oxygens (including phenoxy) is 1. The molecule has 27 heavy (non-hydrogen) atoms. The van der Waals surface area contributed by atoms with Crippen LogP contribution in [0.4, 0.5) is 0 Å². The lowest BCUT2D eigenvalue weighted by atomic mass is 9.96. The van der Waals surface area contributed by atoms with Crippen LogP contribution in [0.5, 0.6) is 0 Å². The van der Waals surface area contributed by atoms with Gasteiger partial charge in [-0.05, 0) is 43.9 Å². The number of aryl methyl sites for hydroxylation is 1. The smallest absolute Gasteiger partial charge is 0.349 e. The summed E-state index contributed by atoms with van der Waals surface area (Å²) in [5.74, 6) is -0.406. The van der Waals surface area contributed by atoms with Gasteiger partial charge in [-0.3, -0.25) is 9.48 Å². The lowest BCUT2D eigenvalue weighted by Gasteiger charge is -2.20. The molecule has 1 unspecified atom stereocenters. The normalized spacial score (nSPS) is 17.4. The summed E-state index contributed by atoms with van der Waals surface area (Å²) < 4.78 is 7.34. The number of nitrogens with zero attached hydrogens (tertiary/aromatic N) is 2. The Balaban J connectivity index is 1.59. The summed E-state index contributed by atoms with van der Waals surface area (Å²) in [4.78, 5) is 25.9. The van der Waals surface area contributed by atoms with Crippen molar-refractivity contribution in [1.82, 2.24) is 9.78 Å². The molecule has 1 aliphatic carbocycles. The molecule has 1 fully saturated rings. The van der Waals surface area contributed by atoms with E-state index in [4.69, 9.17) is 16.3 Å². The molecule has 1 saturated carbocycles. The van der Waals surface area contributed by atoms with Crippen molar-refractivity contribution in [2.24, 2.45) is 0 Å². The molecule has 5 nitrogen and oxygen atoms in total. The predicted molar refractivity (Wildman–Crippen MR) is 106 cm³/mol. The molecule has 1 aromatic carbocycles. The van der Waals surface area contributed by atoms with Crippen LogP contribution in [0.15, 0.2) is 30.3 Å². The van der Waals surface area contributed by atoms with Gasteiger partial charge in [0.2, 0.25) is 0 Å². The van der Waals surface area contributed by atoms with Crippen LogP contribution < -0.4 is 0 Å². The molecule has 0 spiro atoms. The fourth-order valence-corrected chi connectivity index (χ4v) is 4.61. The zero-order valence-electron chi connectivity index (χ0n) is 14.9. The van der Waals surface area contributed by atoms with Gasteiger partial charge in [0.05, 0.1) is 12.2 Å². The Labute approximate surface area is 165 Å². The van der Waals surface area contributed by atoms with Crippen LogP contribution in [0.3, 0.4) is 0 Å². The Morgan fingerprint density at radius 2 is 2.19 bits per heavy atom. The fraction of sp³-hybridized carbons (Fsp3) is 0.350. The van der Waals surface area contributed by atoms with Crippen LogP contribution in [0, 0.1) is 6.92 Å². The van der Waals surface area contributed by atoms with Crippen LogP contribution in [-0.4, -0.2) is 27.6 Å². The van der Waals surface area contributed by atoms with Gasteiger partial charge in [0.1, 0.15) is 9.71 Å². The zero-order valence-corrected chi connectivity index (χ0v) is 16.5. The van der Waals surface area contributed by atoms with Crippen LogP contribution in [0.1, 0.15) is 46.6 Å². The van der Waals surface area contributed by atoms with Crippen LogP contribution in [0.2, 0.25) is 5.02 Å². The number of hydrogen-bond acceptors (Lipinski definition) is 5. The van der Waals surface area contributed by atoms with E-state index < -0.39 is 12.1 Å². The minimum absolute atomic E-state index is 0.0248. The predicted octanol–water partition coefficient (Wildman–Crippen LogP) is 4.78. The number of halogens is 1. The van der Waals surface area contributed by atoms with Gasteiger partial charge in [0.15, 0.2) is 11.9 Å². The van der Waals surface area contributed by atoms with Crippen molar-refractivity contribution >= 4 is 44.9 Å². The minimum atomic E-state index is -0.600. The van der Waals surface area contributed by atoms with Crippen molar-refractivity contribution in [3.8, 4) is 0 Å². The zero-order chi connectivity index (χ0) is 19.0. The van der Waals surface area contributed by atoms with E-state index in [0.717, 1.165) is 34.3 Å². The summed E-state index contributed by atoms with van der Waals surface area (Å²) in [6.07, 6.45) is 2.32. The molecule has 3 aromatic rings. The number of carbonyl (C=O) groups excluding carboxylic acids is 2. The topological polar surface area (TPSA) is 61.2 Å². The molecule has 0 bridgehead atoms. The van der Waals surface area contributed by atoms with Gasteiger partial charge < -0.3 is 4.74 Å². The quantitative estimate of drug-likeness (QED) is 0.589. The molecule has 2 aromatic heterocycles. The Morgan fingerprint density at radius 1 is 1.37 bits per heavy atom. The largest absolute Gasteiger partial charge is 0.450 e. The van der Waals surface area contributed by atoms with Gasteiger partial charge in [-0.2, -0.15) is 5.10 Å². The molecule has 2 heterocycles. The molecule has 7 heteroatoms. The number of thiophene rings is 1. The van der Waals surface area contributed by atoms with E-state index in [1.807, 2.05) is 35.9 Å². The fourth-order valence-electron chi connectivity index (χ4n) is 3.37. The van der Waals surface area contributed by atoms with Crippen LogP contribution in [-0.2, 0) is 16.1 Å². The third kappa shape index (κ3) is 3.64.